The molecule has 7 heteroatoms. The predicted molar refractivity (Wildman–Crippen MR) is 77.3 cm³/mol. The number of nitrogens with two attached hydrogens (primary N) is 1. The van der Waals surface area contributed by atoms with Gasteiger partial charge in [-0.15, -0.1) is 0 Å². The first-order chi connectivity index (χ1) is 9.81. The molecule has 0 atom stereocenters. The SMILES string of the molecule is COCc1nc(NN)cc(NCCOC2CCCC2)n1. The van der Waals surface area contributed by atoms with E-state index in [0.717, 1.165) is 5.82 Å². The van der Waals surface area contributed by atoms with Gasteiger partial charge < -0.3 is 20.2 Å². The molecular formula is C13H23N5O2. The number of methoxy groups -OCH3 is 1. The Kier molecular flexibility index (Phi) is 5.97. The van der Waals surface area contributed by atoms with Crippen molar-refractivity contribution >= 4 is 11.6 Å². The molecule has 0 aromatic carbocycles. The molecule has 20 heavy (non-hydrogen) atoms. The Labute approximate surface area is 119 Å². The maximum absolute atomic E-state index is 5.79. The molecular weight excluding hydrogens is 258 g/mol. The van der Waals surface area contributed by atoms with Gasteiger partial charge in [0, 0.05) is 19.7 Å². The van der Waals surface area contributed by atoms with Crippen LogP contribution in [0.25, 0.3) is 0 Å². The van der Waals surface area contributed by atoms with E-state index in [1.807, 2.05) is 0 Å². The highest BCUT2D eigenvalue weighted by atomic mass is 16.5. The van der Waals surface area contributed by atoms with Crippen molar-refractivity contribution in [2.24, 2.45) is 5.84 Å². The fourth-order valence-corrected chi connectivity index (χ4v) is 2.31. The topological polar surface area (TPSA) is 94.3 Å². The standard InChI is InChI=1S/C13H23N5O2/c1-19-9-13-16-11(8-12(17-13)18-14)15-6-7-20-10-4-2-3-5-10/h8,10H,2-7,9,14H2,1H3,(H2,15,16,17,18). The average Bonchev–Trinajstić information content (AvgIpc) is 2.97. The van der Waals surface area contributed by atoms with Crippen LogP contribution in [0.15, 0.2) is 6.07 Å². The van der Waals surface area contributed by atoms with E-state index in [4.69, 9.17) is 15.3 Å². The van der Waals surface area contributed by atoms with E-state index in [2.05, 4.69) is 20.7 Å². The summed E-state index contributed by atoms with van der Waals surface area (Å²) in [6, 6.07) is 1.76. The quantitative estimate of drug-likeness (QED) is 0.375. The summed E-state index contributed by atoms with van der Waals surface area (Å²) in [5.74, 6) is 7.25. The molecule has 7 nitrogen and oxygen atoms in total. The third-order valence-corrected chi connectivity index (χ3v) is 3.26. The molecule has 2 rings (SSSR count). The number of hydrazine groups is 1. The maximum Gasteiger partial charge on any atom is 0.158 e. The van der Waals surface area contributed by atoms with Crippen LogP contribution in [0.1, 0.15) is 31.5 Å². The van der Waals surface area contributed by atoms with E-state index in [1.54, 1.807) is 13.2 Å². The van der Waals surface area contributed by atoms with Crippen LogP contribution in [0.5, 0.6) is 0 Å². The zero-order chi connectivity index (χ0) is 14.2. The third kappa shape index (κ3) is 4.59. The lowest BCUT2D eigenvalue weighted by molar-refractivity contribution is 0.0658. The van der Waals surface area contributed by atoms with E-state index in [-0.39, 0.29) is 0 Å². The summed E-state index contributed by atoms with van der Waals surface area (Å²) in [5, 5.41) is 3.21. The number of aromatic nitrogens is 2. The number of nitrogens with zero attached hydrogens (tertiary/aromatic N) is 2. The van der Waals surface area contributed by atoms with E-state index in [1.165, 1.54) is 25.7 Å². The Morgan fingerprint density at radius 3 is 2.75 bits per heavy atom. The van der Waals surface area contributed by atoms with Crippen molar-refractivity contribution in [3.8, 4) is 0 Å². The number of anilines is 2. The van der Waals surface area contributed by atoms with E-state index in [9.17, 15) is 0 Å². The molecule has 1 aromatic heterocycles. The van der Waals surface area contributed by atoms with Crippen molar-refractivity contribution in [1.82, 2.24) is 9.97 Å². The summed E-state index contributed by atoms with van der Waals surface area (Å²) in [7, 11) is 1.61. The van der Waals surface area contributed by atoms with E-state index < -0.39 is 0 Å². The summed E-state index contributed by atoms with van der Waals surface area (Å²) in [6.45, 7) is 1.74. The maximum atomic E-state index is 5.79. The normalized spacial score (nSPS) is 15.5. The second kappa shape index (κ2) is 7.98. The van der Waals surface area contributed by atoms with Gasteiger partial charge in [0.05, 0.1) is 12.7 Å². The fourth-order valence-electron chi connectivity index (χ4n) is 2.31. The first-order valence-corrected chi connectivity index (χ1v) is 7.01. The number of rotatable bonds is 8. The molecule has 1 heterocycles. The summed E-state index contributed by atoms with van der Waals surface area (Å²) in [4.78, 5) is 8.53. The highest BCUT2D eigenvalue weighted by molar-refractivity contribution is 5.46. The van der Waals surface area contributed by atoms with Crippen LogP contribution < -0.4 is 16.6 Å². The summed E-state index contributed by atoms with van der Waals surface area (Å²) >= 11 is 0. The molecule has 0 saturated heterocycles. The molecule has 0 radical (unpaired) electrons. The first kappa shape index (κ1) is 15.0. The molecule has 0 amide bonds. The Morgan fingerprint density at radius 1 is 1.30 bits per heavy atom. The smallest absolute Gasteiger partial charge is 0.158 e. The fraction of sp³-hybridized carbons (Fsp3) is 0.692. The van der Waals surface area contributed by atoms with Crippen LogP contribution >= 0.6 is 0 Å². The molecule has 112 valence electrons. The third-order valence-electron chi connectivity index (χ3n) is 3.26. The minimum absolute atomic E-state index is 0.350. The molecule has 0 bridgehead atoms. The zero-order valence-corrected chi connectivity index (χ0v) is 11.9. The summed E-state index contributed by atoms with van der Waals surface area (Å²) in [6.07, 6.45) is 5.39. The number of hydrogen-bond acceptors (Lipinski definition) is 7. The van der Waals surface area contributed by atoms with Crippen molar-refractivity contribution in [1.29, 1.82) is 0 Å². The minimum atomic E-state index is 0.350. The highest BCUT2D eigenvalue weighted by Gasteiger charge is 2.14. The monoisotopic (exact) mass is 281 g/mol. The molecule has 1 fully saturated rings. The number of nitrogen functional groups attached to an aromatic ring is 1. The predicted octanol–water partition coefficient (Wildman–Crippen LogP) is 1.28. The molecule has 1 aliphatic carbocycles. The highest BCUT2D eigenvalue weighted by Crippen LogP contribution is 2.20. The average molecular weight is 281 g/mol. The Morgan fingerprint density at radius 2 is 2.05 bits per heavy atom. The lowest BCUT2D eigenvalue weighted by Crippen LogP contribution is -2.17. The van der Waals surface area contributed by atoms with Gasteiger partial charge in [-0.05, 0) is 12.8 Å². The van der Waals surface area contributed by atoms with Crippen LogP contribution in [0.3, 0.4) is 0 Å². The number of ether oxygens (including phenoxy) is 2. The summed E-state index contributed by atoms with van der Waals surface area (Å²) < 4.78 is 10.8. The molecule has 1 aliphatic rings. The van der Waals surface area contributed by atoms with Crippen LogP contribution in [0.4, 0.5) is 11.6 Å². The number of hydrogen-bond donors (Lipinski definition) is 3. The molecule has 0 unspecified atom stereocenters. The van der Waals surface area contributed by atoms with Gasteiger partial charge in [-0.2, -0.15) is 0 Å². The van der Waals surface area contributed by atoms with Crippen LogP contribution in [-0.2, 0) is 16.1 Å². The van der Waals surface area contributed by atoms with Crippen LogP contribution in [0, 0.1) is 0 Å². The van der Waals surface area contributed by atoms with Gasteiger partial charge in [-0.3, -0.25) is 0 Å². The van der Waals surface area contributed by atoms with Gasteiger partial charge in [-0.25, -0.2) is 15.8 Å². The van der Waals surface area contributed by atoms with Gasteiger partial charge in [-0.1, -0.05) is 12.8 Å². The van der Waals surface area contributed by atoms with Crippen molar-refractivity contribution < 1.29 is 9.47 Å². The van der Waals surface area contributed by atoms with Gasteiger partial charge in [0.25, 0.3) is 0 Å². The molecule has 1 aromatic rings. The second-order valence-electron chi connectivity index (χ2n) is 4.84. The first-order valence-electron chi connectivity index (χ1n) is 7.01. The van der Waals surface area contributed by atoms with Gasteiger partial charge in [0.15, 0.2) is 5.82 Å². The Hall–Kier alpha value is -1.44. The minimum Gasteiger partial charge on any atom is -0.377 e. The van der Waals surface area contributed by atoms with Crippen LogP contribution in [-0.4, -0.2) is 36.3 Å². The number of nitrogens with one attached hydrogen (secondary N) is 2. The molecule has 0 aliphatic heterocycles. The van der Waals surface area contributed by atoms with Crippen molar-refractivity contribution in [3.63, 3.8) is 0 Å². The molecule has 0 spiro atoms. The largest absolute Gasteiger partial charge is 0.377 e. The van der Waals surface area contributed by atoms with Crippen LogP contribution in [0.2, 0.25) is 0 Å². The molecule has 1 saturated carbocycles. The Balaban J connectivity index is 1.79. The second-order valence-corrected chi connectivity index (χ2v) is 4.84. The van der Waals surface area contributed by atoms with Gasteiger partial charge >= 0.3 is 0 Å². The van der Waals surface area contributed by atoms with E-state index in [0.29, 0.717) is 37.5 Å². The molecule has 4 N–H and O–H groups in total. The van der Waals surface area contributed by atoms with Gasteiger partial charge in [0.1, 0.15) is 18.2 Å². The lowest BCUT2D eigenvalue weighted by Gasteiger charge is -2.12. The lowest BCUT2D eigenvalue weighted by atomic mass is 10.3. The zero-order valence-electron chi connectivity index (χ0n) is 11.9. The van der Waals surface area contributed by atoms with Gasteiger partial charge in [0.2, 0.25) is 0 Å². The summed E-state index contributed by atoms with van der Waals surface area (Å²) in [5.41, 5.74) is 2.52. The van der Waals surface area contributed by atoms with Crippen molar-refractivity contribution in [2.75, 3.05) is 31.0 Å². The Bertz CT molecular complexity index is 410. The van der Waals surface area contributed by atoms with E-state index >= 15 is 0 Å². The van der Waals surface area contributed by atoms with Crippen molar-refractivity contribution in [2.45, 2.75) is 38.4 Å². The van der Waals surface area contributed by atoms with Crippen molar-refractivity contribution in [3.05, 3.63) is 11.9 Å².